The fourth-order valence-electron chi connectivity index (χ4n) is 7.20. The number of rotatable bonds is 6. The first-order chi connectivity index (χ1) is 21.7. The predicted octanol–water partition coefficient (Wildman–Crippen LogP) is 6.81. The van der Waals surface area contributed by atoms with Gasteiger partial charge in [-0.1, -0.05) is 35.9 Å². The molecule has 2 aliphatic heterocycles. The van der Waals surface area contributed by atoms with Crippen LogP contribution >= 0.6 is 0 Å². The average molecular weight is 636 g/mol. The number of hydrogen-bond donors (Lipinski definition) is 0. The maximum Gasteiger partial charge on any atom is 0.268 e. The number of benzene rings is 3. The predicted molar refractivity (Wildman–Crippen MR) is 185 cm³/mol. The summed E-state index contributed by atoms with van der Waals surface area (Å²) in [4.78, 5) is 23.5. The lowest BCUT2D eigenvalue weighted by Gasteiger charge is -2.35. The first kappa shape index (κ1) is 30.4. The van der Waals surface area contributed by atoms with Crippen LogP contribution < -0.4 is 10.5 Å². The van der Waals surface area contributed by atoms with Crippen LogP contribution in [-0.4, -0.2) is 44.5 Å². The van der Waals surface area contributed by atoms with E-state index in [9.17, 15) is 13.2 Å². The molecule has 0 N–H and O–H groups in total. The second kappa shape index (κ2) is 10.7. The van der Waals surface area contributed by atoms with E-state index in [0.29, 0.717) is 35.3 Å². The highest BCUT2D eigenvalue weighted by Crippen LogP contribution is 2.39. The average Bonchev–Trinajstić information content (AvgIpc) is 3.68. The van der Waals surface area contributed by atoms with Crippen LogP contribution in [0.2, 0.25) is 0 Å². The summed E-state index contributed by atoms with van der Waals surface area (Å²) < 4.78 is 31.3. The summed E-state index contributed by atoms with van der Waals surface area (Å²) in [6.07, 6.45) is 1.63. The monoisotopic (exact) mass is 635 g/mol. The van der Waals surface area contributed by atoms with Crippen molar-refractivity contribution >= 4 is 26.9 Å². The van der Waals surface area contributed by atoms with Crippen molar-refractivity contribution in [1.82, 2.24) is 18.4 Å². The number of fused-ring (bicyclic) bond motifs is 3. The van der Waals surface area contributed by atoms with Crippen LogP contribution in [0.1, 0.15) is 58.2 Å². The van der Waals surface area contributed by atoms with Crippen LogP contribution in [0, 0.1) is 6.92 Å². The van der Waals surface area contributed by atoms with Gasteiger partial charge in [-0.15, -0.1) is 0 Å². The molecular formula is C37H41N5O3S. The topological polar surface area (TPSA) is 80.4 Å². The molecule has 238 valence electrons. The molecule has 7 rings (SSSR count). The van der Waals surface area contributed by atoms with Gasteiger partial charge in [0.2, 0.25) is 5.95 Å². The van der Waals surface area contributed by atoms with E-state index >= 15 is 0 Å². The Balaban J connectivity index is 1.43. The molecule has 0 bridgehead atoms. The first-order valence-electron chi connectivity index (χ1n) is 16.0. The molecule has 46 heavy (non-hydrogen) atoms. The third-order valence-corrected chi connectivity index (χ3v) is 11.2. The van der Waals surface area contributed by atoms with E-state index in [-0.39, 0.29) is 22.0 Å². The Morgan fingerprint density at radius 3 is 2.20 bits per heavy atom. The van der Waals surface area contributed by atoms with Gasteiger partial charge in [-0.25, -0.2) is 17.4 Å². The molecule has 0 saturated heterocycles. The standard InChI is InChI=1S/C37H41N5O3S/c1-23(2)39-19-28-11-10-26(16-29(28)20-39)27-12-15-34-31(17-27)32(21-41(34)46(44,45)30-13-8-25(5)9-14-30)33-18-35(43)40-22-37(6,7)42(24(3)4)36(40)38-33/h8-18,21,23-24H,19-20,22H2,1-7H3. The highest BCUT2D eigenvalue weighted by molar-refractivity contribution is 7.90. The number of aryl methyl sites for hydroxylation is 1. The third kappa shape index (κ3) is 4.88. The van der Waals surface area contributed by atoms with Gasteiger partial charge in [0.05, 0.1) is 28.2 Å². The Hall–Kier alpha value is -4.21. The van der Waals surface area contributed by atoms with Crippen LogP contribution in [0.15, 0.2) is 82.6 Å². The van der Waals surface area contributed by atoms with Gasteiger partial charge in [0.15, 0.2) is 0 Å². The van der Waals surface area contributed by atoms with Gasteiger partial charge in [0.25, 0.3) is 15.6 Å². The third-order valence-electron chi connectivity index (χ3n) is 9.56. The number of aromatic nitrogens is 3. The van der Waals surface area contributed by atoms with Crippen LogP contribution in [0.5, 0.6) is 0 Å². The van der Waals surface area contributed by atoms with E-state index in [0.717, 1.165) is 35.2 Å². The molecule has 0 fully saturated rings. The highest BCUT2D eigenvalue weighted by atomic mass is 32.2. The smallest absolute Gasteiger partial charge is 0.268 e. The fraction of sp³-hybridized carbons (Fsp3) is 0.351. The summed E-state index contributed by atoms with van der Waals surface area (Å²) in [5.41, 5.74) is 6.85. The lowest BCUT2D eigenvalue weighted by atomic mass is 9.98. The molecule has 0 amide bonds. The molecule has 5 aromatic rings. The second-order valence-electron chi connectivity index (χ2n) is 14.0. The van der Waals surface area contributed by atoms with Crippen molar-refractivity contribution in [3.05, 3.63) is 100.0 Å². The zero-order valence-electron chi connectivity index (χ0n) is 27.6. The van der Waals surface area contributed by atoms with Crippen molar-refractivity contribution in [2.45, 2.75) is 90.6 Å². The number of anilines is 1. The minimum absolute atomic E-state index is 0.118. The van der Waals surface area contributed by atoms with Crippen molar-refractivity contribution in [2.24, 2.45) is 0 Å². The van der Waals surface area contributed by atoms with Gasteiger partial charge in [0, 0.05) is 48.4 Å². The lowest BCUT2D eigenvalue weighted by molar-refractivity contribution is 0.227. The van der Waals surface area contributed by atoms with Gasteiger partial charge in [-0.2, -0.15) is 0 Å². The minimum Gasteiger partial charge on any atom is -0.333 e. The largest absolute Gasteiger partial charge is 0.333 e. The van der Waals surface area contributed by atoms with Gasteiger partial charge in [0.1, 0.15) is 0 Å². The zero-order chi connectivity index (χ0) is 32.7. The van der Waals surface area contributed by atoms with Crippen molar-refractivity contribution in [1.29, 1.82) is 0 Å². The van der Waals surface area contributed by atoms with Crippen molar-refractivity contribution in [3.63, 3.8) is 0 Å². The van der Waals surface area contributed by atoms with E-state index < -0.39 is 10.0 Å². The molecule has 0 spiro atoms. The summed E-state index contributed by atoms with van der Waals surface area (Å²) >= 11 is 0. The van der Waals surface area contributed by atoms with Crippen molar-refractivity contribution in [2.75, 3.05) is 4.90 Å². The Bertz CT molecular complexity index is 2180. The summed E-state index contributed by atoms with van der Waals surface area (Å²) in [7, 11) is -3.94. The summed E-state index contributed by atoms with van der Waals surface area (Å²) in [5, 5.41) is 0.725. The van der Waals surface area contributed by atoms with Crippen LogP contribution in [0.3, 0.4) is 0 Å². The maximum atomic E-state index is 14.1. The Morgan fingerprint density at radius 1 is 0.826 bits per heavy atom. The second-order valence-corrected chi connectivity index (χ2v) is 15.8. The van der Waals surface area contributed by atoms with E-state index in [4.69, 9.17) is 4.98 Å². The Labute approximate surface area is 271 Å². The van der Waals surface area contributed by atoms with Crippen molar-refractivity contribution in [3.8, 4) is 22.4 Å². The molecule has 0 aliphatic carbocycles. The summed E-state index contributed by atoms with van der Waals surface area (Å²) in [5.74, 6) is 0.606. The Morgan fingerprint density at radius 2 is 1.50 bits per heavy atom. The summed E-state index contributed by atoms with van der Waals surface area (Å²) in [6, 6.07) is 21.5. The Kier molecular flexibility index (Phi) is 7.06. The SMILES string of the molecule is Cc1ccc(S(=O)(=O)n2cc(-c3cc(=O)n4c(n3)N(C(C)C)C(C)(C)C4)c3cc(-c4ccc5c(c4)CN(C(C)C)C5)ccc32)cc1. The zero-order valence-corrected chi connectivity index (χ0v) is 28.4. The molecule has 3 aromatic carbocycles. The molecule has 4 heterocycles. The summed E-state index contributed by atoms with van der Waals surface area (Å²) in [6.45, 7) is 17.2. The van der Waals surface area contributed by atoms with Crippen LogP contribution in [-0.2, 0) is 29.7 Å². The van der Waals surface area contributed by atoms with E-state index in [2.05, 4.69) is 69.5 Å². The van der Waals surface area contributed by atoms with Crippen LogP contribution in [0.4, 0.5) is 5.95 Å². The highest BCUT2D eigenvalue weighted by Gasteiger charge is 2.40. The first-order valence-corrected chi connectivity index (χ1v) is 17.4. The molecule has 2 aliphatic rings. The van der Waals surface area contributed by atoms with Crippen LogP contribution in [0.25, 0.3) is 33.3 Å². The maximum absolute atomic E-state index is 14.1. The van der Waals surface area contributed by atoms with Gasteiger partial charge in [-0.05, 0) is 101 Å². The molecule has 0 saturated carbocycles. The lowest BCUT2D eigenvalue weighted by Crippen LogP contribution is -2.45. The normalized spacial score (nSPS) is 16.2. The molecule has 2 aromatic heterocycles. The fourth-order valence-corrected chi connectivity index (χ4v) is 8.57. The molecule has 8 nitrogen and oxygen atoms in total. The molecular weight excluding hydrogens is 595 g/mol. The van der Waals surface area contributed by atoms with E-state index in [1.807, 2.05) is 25.1 Å². The molecule has 9 heteroatoms. The van der Waals surface area contributed by atoms with Crippen molar-refractivity contribution < 1.29 is 8.42 Å². The van der Waals surface area contributed by atoms with E-state index in [1.165, 1.54) is 15.1 Å². The molecule has 0 unspecified atom stereocenters. The number of hydrogen-bond acceptors (Lipinski definition) is 6. The minimum atomic E-state index is -3.94. The van der Waals surface area contributed by atoms with E-state index in [1.54, 1.807) is 41.1 Å². The molecule has 0 radical (unpaired) electrons. The van der Waals surface area contributed by atoms with Gasteiger partial charge in [-0.3, -0.25) is 14.3 Å². The quantitative estimate of drug-likeness (QED) is 0.204. The van der Waals surface area contributed by atoms with Gasteiger partial charge >= 0.3 is 0 Å². The number of nitrogens with zero attached hydrogens (tertiary/aromatic N) is 5. The van der Waals surface area contributed by atoms with Gasteiger partial charge < -0.3 is 4.90 Å². The molecule has 0 atom stereocenters.